The van der Waals surface area contributed by atoms with Crippen LogP contribution < -0.4 is 5.32 Å². The minimum Gasteiger partial charge on any atom is -0.349 e. The van der Waals surface area contributed by atoms with Gasteiger partial charge in [-0.1, -0.05) is 0 Å². The van der Waals surface area contributed by atoms with E-state index in [0.717, 1.165) is 18.2 Å². The zero-order valence-electron chi connectivity index (χ0n) is 9.64. The van der Waals surface area contributed by atoms with E-state index in [2.05, 4.69) is 11.2 Å². The molecular weight excluding hydrogens is 239 g/mol. The van der Waals surface area contributed by atoms with Crippen LogP contribution in [0.4, 0.5) is 10.1 Å². The highest BCUT2D eigenvalue weighted by Crippen LogP contribution is 2.16. The SMILES string of the molecule is C#CCC(C)NC(=O)c1cc(F)cc([N+](=O)[O-])c1. The van der Waals surface area contributed by atoms with E-state index in [0.29, 0.717) is 6.42 Å². The van der Waals surface area contributed by atoms with Gasteiger partial charge < -0.3 is 5.32 Å². The molecule has 0 aliphatic heterocycles. The fraction of sp³-hybridized carbons (Fsp3) is 0.250. The molecule has 0 aromatic heterocycles. The smallest absolute Gasteiger partial charge is 0.273 e. The van der Waals surface area contributed by atoms with Crippen LogP contribution in [0.5, 0.6) is 0 Å². The second kappa shape index (κ2) is 5.77. The lowest BCUT2D eigenvalue weighted by molar-refractivity contribution is -0.385. The first-order valence-electron chi connectivity index (χ1n) is 5.13. The van der Waals surface area contributed by atoms with Gasteiger partial charge in [0.15, 0.2) is 0 Å². The molecule has 0 bridgehead atoms. The number of carbonyl (C=O) groups excluding carboxylic acids is 1. The Morgan fingerprint density at radius 1 is 1.61 bits per heavy atom. The molecule has 0 saturated carbocycles. The number of hydrogen-bond donors (Lipinski definition) is 1. The lowest BCUT2D eigenvalue weighted by Crippen LogP contribution is -2.32. The van der Waals surface area contributed by atoms with E-state index in [4.69, 9.17) is 6.42 Å². The molecule has 0 spiro atoms. The van der Waals surface area contributed by atoms with Gasteiger partial charge in [-0.05, 0) is 13.0 Å². The van der Waals surface area contributed by atoms with Crippen molar-refractivity contribution >= 4 is 11.6 Å². The fourth-order valence-corrected chi connectivity index (χ4v) is 1.35. The molecule has 1 amide bonds. The number of amides is 1. The van der Waals surface area contributed by atoms with Crippen LogP contribution in [0.25, 0.3) is 0 Å². The largest absolute Gasteiger partial charge is 0.349 e. The van der Waals surface area contributed by atoms with Gasteiger partial charge in [-0.25, -0.2) is 4.39 Å². The molecule has 0 radical (unpaired) electrons. The van der Waals surface area contributed by atoms with Gasteiger partial charge in [0.2, 0.25) is 0 Å². The predicted molar refractivity (Wildman–Crippen MR) is 63.4 cm³/mol. The van der Waals surface area contributed by atoms with Crippen LogP contribution in [0.1, 0.15) is 23.7 Å². The Balaban J connectivity index is 2.93. The molecule has 1 rings (SSSR count). The highest BCUT2D eigenvalue weighted by molar-refractivity contribution is 5.95. The van der Waals surface area contributed by atoms with Gasteiger partial charge in [-0.3, -0.25) is 14.9 Å². The summed E-state index contributed by atoms with van der Waals surface area (Å²) < 4.78 is 13.1. The molecule has 1 aromatic rings. The Kier molecular flexibility index (Phi) is 4.38. The van der Waals surface area contributed by atoms with Crippen molar-refractivity contribution in [2.24, 2.45) is 0 Å². The van der Waals surface area contributed by atoms with E-state index in [9.17, 15) is 19.3 Å². The molecule has 5 nitrogen and oxygen atoms in total. The molecule has 1 atom stereocenters. The van der Waals surface area contributed by atoms with Crippen molar-refractivity contribution in [3.05, 3.63) is 39.7 Å². The van der Waals surface area contributed by atoms with Crippen molar-refractivity contribution in [1.82, 2.24) is 5.32 Å². The summed E-state index contributed by atoms with van der Waals surface area (Å²) in [7, 11) is 0. The van der Waals surface area contributed by atoms with E-state index in [1.807, 2.05) is 0 Å². The first-order chi connectivity index (χ1) is 8.43. The molecule has 1 aromatic carbocycles. The number of non-ortho nitro benzene ring substituents is 1. The normalized spacial score (nSPS) is 11.4. The lowest BCUT2D eigenvalue weighted by atomic mass is 10.1. The minimum absolute atomic E-state index is 0.106. The Labute approximate surface area is 103 Å². The molecule has 18 heavy (non-hydrogen) atoms. The Morgan fingerprint density at radius 2 is 2.28 bits per heavy atom. The molecule has 1 unspecified atom stereocenters. The maximum absolute atomic E-state index is 13.1. The highest BCUT2D eigenvalue weighted by atomic mass is 19.1. The molecule has 0 aliphatic rings. The quantitative estimate of drug-likeness (QED) is 0.503. The van der Waals surface area contributed by atoms with Gasteiger partial charge in [0.05, 0.1) is 11.0 Å². The number of nitro benzene ring substituents is 1. The Hall–Kier alpha value is -2.42. The number of nitrogens with zero attached hydrogens (tertiary/aromatic N) is 1. The summed E-state index contributed by atoms with van der Waals surface area (Å²) in [6.07, 6.45) is 5.40. The van der Waals surface area contributed by atoms with Crippen LogP contribution in [0.3, 0.4) is 0 Å². The number of rotatable bonds is 4. The third-order valence-corrected chi connectivity index (χ3v) is 2.16. The van der Waals surface area contributed by atoms with Crippen LogP contribution in [-0.2, 0) is 0 Å². The van der Waals surface area contributed by atoms with E-state index in [-0.39, 0.29) is 11.6 Å². The fourth-order valence-electron chi connectivity index (χ4n) is 1.35. The summed E-state index contributed by atoms with van der Waals surface area (Å²) in [4.78, 5) is 21.5. The van der Waals surface area contributed by atoms with Crippen molar-refractivity contribution in [2.45, 2.75) is 19.4 Å². The van der Waals surface area contributed by atoms with Crippen LogP contribution in [0.2, 0.25) is 0 Å². The van der Waals surface area contributed by atoms with E-state index in [1.54, 1.807) is 6.92 Å². The topological polar surface area (TPSA) is 72.2 Å². The van der Waals surface area contributed by atoms with Gasteiger partial charge in [0.1, 0.15) is 5.82 Å². The number of carbonyl (C=O) groups is 1. The molecule has 1 N–H and O–H groups in total. The first-order valence-corrected chi connectivity index (χ1v) is 5.13. The first kappa shape index (κ1) is 13.6. The summed E-state index contributed by atoms with van der Waals surface area (Å²) >= 11 is 0. The van der Waals surface area contributed by atoms with Crippen LogP contribution >= 0.6 is 0 Å². The maximum atomic E-state index is 13.1. The third kappa shape index (κ3) is 3.56. The Morgan fingerprint density at radius 3 is 2.83 bits per heavy atom. The third-order valence-electron chi connectivity index (χ3n) is 2.16. The van der Waals surface area contributed by atoms with Crippen molar-refractivity contribution in [1.29, 1.82) is 0 Å². The van der Waals surface area contributed by atoms with Gasteiger partial charge in [0.25, 0.3) is 11.6 Å². The molecule has 94 valence electrons. The lowest BCUT2D eigenvalue weighted by Gasteiger charge is -2.10. The predicted octanol–water partition coefficient (Wildman–Crippen LogP) is 1.88. The van der Waals surface area contributed by atoms with E-state index in [1.165, 1.54) is 0 Å². The van der Waals surface area contributed by atoms with Crippen LogP contribution in [-0.4, -0.2) is 16.9 Å². The van der Waals surface area contributed by atoms with Crippen molar-refractivity contribution in [3.63, 3.8) is 0 Å². The molecule has 0 saturated heterocycles. The number of terminal acetylenes is 1. The number of halogens is 1. The van der Waals surface area contributed by atoms with Gasteiger partial charge in [-0.2, -0.15) is 0 Å². The van der Waals surface area contributed by atoms with Crippen LogP contribution in [0.15, 0.2) is 18.2 Å². The molecular formula is C12H11FN2O3. The minimum atomic E-state index is -0.834. The van der Waals surface area contributed by atoms with Crippen molar-refractivity contribution < 1.29 is 14.1 Å². The molecule has 0 fully saturated rings. The van der Waals surface area contributed by atoms with Crippen LogP contribution in [0, 0.1) is 28.3 Å². The monoisotopic (exact) mass is 250 g/mol. The van der Waals surface area contributed by atoms with Crippen molar-refractivity contribution in [3.8, 4) is 12.3 Å². The summed E-state index contributed by atoms with van der Waals surface area (Å²) in [5, 5.41) is 13.1. The molecule has 6 heteroatoms. The summed E-state index contributed by atoms with van der Waals surface area (Å²) in [6.45, 7) is 1.69. The van der Waals surface area contributed by atoms with Gasteiger partial charge >= 0.3 is 0 Å². The highest BCUT2D eigenvalue weighted by Gasteiger charge is 2.15. The van der Waals surface area contributed by atoms with Crippen molar-refractivity contribution in [2.75, 3.05) is 0 Å². The Bertz CT molecular complexity index is 523. The molecule has 0 heterocycles. The zero-order valence-corrected chi connectivity index (χ0v) is 9.64. The molecule has 0 aliphatic carbocycles. The average molecular weight is 250 g/mol. The standard InChI is InChI=1S/C12H11FN2O3/c1-3-4-8(2)14-12(16)9-5-10(13)7-11(6-9)15(17)18/h1,5-8H,4H2,2H3,(H,14,16). The number of nitro groups is 1. The second-order valence-corrected chi connectivity index (χ2v) is 3.74. The van der Waals surface area contributed by atoms with Gasteiger partial charge in [0, 0.05) is 24.1 Å². The summed E-state index contributed by atoms with van der Waals surface area (Å²) in [6, 6.07) is 2.41. The second-order valence-electron chi connectivity index (χ2n) is 3.74. The summed E-state index contributed by atoms with van der Waals surface area (Å²) in [5.74, 6) is 0.937. The average Bonchev–Trinajstić information content (AvgIpc) is 2.28. The summed E-state index contributed by atoms with van der Waals surface area (Å²) in [5.41, 5.74) is -0.574. The number of benzene rings is 1. The number of hydrogen-bond acceptors (Lipinski definition) is 3. The van der Waals surface area contributed by atoms with E-state index < -0.39 is 22.3 Å². The zero-order chi connectivity index (χ0) is 13.7. The maximum Gasteiger partial charge on any atom is 0.273 e. The van der Waals surface area contributed by atoms with E-state index >= 15 is 0 Å². The van der Waals surface area contributed by atoms with Gasteiger partial charge in [-0.15, -0.1) is 12.3 Å². The number of nitrogens with one attached hydrogen (secondary N) is 1.